The zero-order chi connectivity index (χ0) is 13.2. The average molecular weight is 261 g/mol. The Morgan fingerprint density at radius 3 is 2.35 bits per heavy atom. The van der Waals surface area contributed by atoms with Crippen LogP contribution in [-0.4, -0.2) is 25.5 Å². The minimum atomic E-state index is -3.93. The van der Waals surface area contributed by atoms with Crippen LogP contribution in [-0.2, 0) is 14.8 Å². The summed E-state index contributed by atoms with van der Waals surface area (Å²) in [5.74, 6) is -1.13. The highest BCUT2D eigenvalue weighted by atomic mass is 32.2. The molecule has 1 aromatic rings. The molecule has 1 heterocycles. The van der Waals surface area contributed by atoms with Crippen molar-refractivity contribution in [3.8, 4) is 0 Å². The van der Waals surface area contributed by atoms with Gasteiger partial charge in [0.25, 0.3) is 10.0 Å². The minimum Gasteiger partial charge on any atom is -0.480 e. The third-order valence-electron chi connectivity index (χ3n) is 2.20. The molecule has 0 aliphatic heterocycles. The summed E-state index contributed by atoms with van der Waals surface area (Å²) < 4.78 is 30.7. The number of furan rings is 1. The first-order chi connectivity index (χ1) is 7.74. The van der Waals surface area contributed by atoms with Gasteiger partial charge in [0.05, 0.1) is 0 Å². The van der Waals surface area contributed by atoms with Gasteiger partial charge in [-0.1, -0.05) is 13.8 Å². The Bertz CT molecular complexity index is 503. The third kappa shape index (κ3) is 3.31. The first kappa shape index (κ1) is 13.7. The minimum absolute atomic E-state index is 0.276. The maximum atomic E-state index is 11.8. The van der Waals surface area contributed by atoms with E-state index in [9.17, 15) is 13.2 Å². The van der Waals surface area contributed by atoms with Crippen molar-refractivity contribution in [3.63, 3.8) is 0 Å². The smallest absolute Gasteiger partial charge is 0.322 e. The van der Waals surface area contributed by atoms with Crippen LogP contribution < -0.4 is 4.72 Å². The summed E-state index contributed by atoms with van der Waals surface area (Å²) in [5, 5.41) is 8.63. The Morgan fingerprint density at radius 1 is 1.41 bits per heavy atom. The van der Waals surface area contributed by atoms with Crippen LogP contribution >= 0.6 is 0 Å². The molecule has 0 spiro atoms. The summed E-state index contributed by atoms with van der Waals surface area (Å²) in [5.41, 5.74) is 0. The standard InChI is InChI=1S/C10H15NO5S/c1-6(2)9(10(12)13)11-17(14,15)8-5-4-7(3)16-8/h4-6,9,11H,1-3H3,(H,12,13)/t9-/m1/s1. The van der Waals surface area contributed by atoms with Gasteiger partial charge in [-0.05, 0) is 25.0 Å². The Morgan fingerprint density at radius 2 is 2.00 bits per heavy atom. The summed E-state index contributed by atoms with van der Waals surface area (Å²) in [6.45, 7) is 4.85. The van der Waals surface area contributed by atoms with E-state index in [0.29, 0.717) is 5.76 Å². The van der Waals surface area contributed by atoms with Gasteiger partial charge in [0.15, 0.2) is 0 Å². The van der Waals surface area contributed by atoms with E-state index in [4.69, 9.17) is 9.52 Å². The largest absolute Gasteiger partial charge is 0.480 e. The van der Waals surface area contributed by atoms with E-state index in [1.807, 2.05) is 0 Å². The first-order valence-electron chi connectivity index (χ1n) is 5.05. The van der Waals surface area contributed by atoms with Gasteiger partial charge in [-0.15, -0.1) is 0 Å². The van der Waals surface area contributed by atoms with E-state index >= 15 is 0 Å². The number of aryl methyl sites for hydroxylation is 1. The summed E-state index contributed by atoms with van der Waals surface area (Å²) in [6.07, 6.45) is 0. The Hall–Kier alpha value is -1.34. The monoisotopic (exact) mass is 261 g/mol. The number of hydrogen-bond acceptors (Lipinski definition) is 4. The van der Waals surface area contributed by atoms with Crippen LogP contribution in [0, 0.1) is 12.8 Å². The summed E-state index contributed by atoms with van der Waals surface area (Å²) in [7, 11) is -3.93. The molecule has 1 aromatic heterocycles. The van der Waals surface area contributed by atoms with E-state index in [1.54, 1.807) is 20.8 Å². The van der Waals surface area contributed by atoms with E-state index in [-0.39, 0.29) is 11.0 Å². The predicted molar refractivity (Wildman–Crippen MR) is 60.0 cm³/mol. The second-order valence-corrected chi connectivity index (χ2v) is 5.69. The molecule has 7 heteroatoms. The van der Waals surface area contributed by atoms with Crippen molar-refractivity contribution < 1.29 is 22.7 Å². The quantitative estimate of drug-likeness (QED) is 0.823. The number of hydrogen-bond donors (Lipinski definition) is 2. The summed E-state index contributed by atoms with van der Waals surface area (Å²) in [4.78, 5) is 10.9. The second-order valence-electron chi connectivity index (χ2n) is 4.05. The molecule has 0 saturated heterocycles. The number of carbonyl (C=O) groups is 1. The van der Waals surface area contributed by atoms with Crippen LogP contribution in [0.1, 0.15) is 19.6 Å². The lowest BCUT2D eigenvalue weighted by Gasteiger charge is -2.16. The molecular formula is C10H15NO5S. The van der Waals surface area contributed by atoms with E-state index < -0.39 is 22.0 Å². The van der Waals surface area contributed by atoms with Crippen LogP contribution in [0.3, 0.4) is 0 Å². The van der Waals surface area contributed by atoms with Crippen LogP contribution in [0.15, 0.2) is 21.6 Å². The fourth-order valence-electron chi connectivity index (χ4n) is 1.25. The molecule has 0 unspecified atom stereocenters. The van der Waals surface area contributed by atoms with Crippen LogP contribution in [0.4, 0.5) is 0 Å². The molecule has 0 aliphatic carbocycles. The maximum Gasteiger partial charge on any atom is 0.322 e. The molecule has 17 heavy (non-hydrogen) atoms. The highest BCUT2D eigenvalue weighted by Gasteiger charge is 2.29. The maximum absolute atomic E-state index is 11.8. The van der Waals surface area contributed by atoms with Gasteiger partial charge >= 0.3 is 5.97 Å². The molecule has 1 rings (SSSR count). The van der Waals surface area contributed by atoms with Gasteiger partial charge in [-0.25, -0.2) is 8.42 Å². The first-order valence-corrected chi connectivity index (χ1v) is 6.54. The molecule has 1 atom stereocenters. The van der Waals surface area contributed by atoms with Crippen molar-refractivity contribution in [3.05, 3.63) is 17.9 Å². The zero-order valence-electron chi connectivity index (χ0n) is 9.80. The Balaban J connectivity index is 2.97. The van der Waals surface area contributed by atoms with Crippen molar-refractivity contribution in [1.82, 2.24) is 4.72 Å². The number of rotatable bonds is 5. The van der Waals surface area contributed by atoms with Crippen molar-refractivity contribution >= 4 is 16.0 Å². The highest BCUT2D eigenvalue weighted by Crippen LogP contribution is 2.14. The van der Waals surface area contributed by atoms with Gasteiger partial charge in [0, 0.05) is 0 Å². The fourth-order valence-corrected chi connectivity index (χ4v) is 2.57. The molecule has 0 aromatic carbocycles. The summed E-state index contributed by atoms with van der Waals surface area (Å²) in [6, 6.07) is 1.61. The molecule has 96 valence electrons. The molecule has 0 fully saturated rings. The normalized spacial score (nSPS) is 13.9. The second kappa shape index (κ2) is 4.89. The highest BCUT2D eigenvalue weighted by molar-refractivity contribution is 7.89. The number of aliphatic carboxylic acids is 1. The molecule has 2 N–H and O–H groups in total. The molecule has 0 bridgehead atoms. The van der Waals surface area contributed by atoms with Crippen molar-refractivity contribution in [1.29, 1.82) is 0 Å². The Labute approximate surface area is 99.7 Å². The van der Waals surface area contributed by atoms with Gasteiger partial charge in [0.1, 0.15) is 11.8 Å². The van der Waals surface area contributed by atoms with Crippen LogP contribution in [0.5, 0.6) is 0 Å². The third-order valence-corrected chi connectivity index (χ3v) is 3.51. The van der Waals surface area contributed by atoms with Gasteiger partial charge in [-0.2, -0.15) is 4.72 Å². The van der Waals surface area contributed by atoms with Crippen LogP contribution in [0.25, 0.3) is 0 Å². The SMILES string of the molecule is Cc1ccc(S(=O)(=O)N[C@@H](C(=O)O)C(C)C)o1. The van der Waals surface area contributed by atoms with Crippen molar-refractivity contribution in [2.24, 2.45) is 5.92 Å². The van der Waals surface area contributed by atoms with Gasteiger partial charge < -0.3 is 9.52 Å². The number of carboxylic acids is 1. The molecule has 0 saturated carbocycles. The molecular weight excluding hydrogens is 246 g/mol. The lowest BCUT2D eigenvalue weighted by atomic mass is 10.1. The molecule has 6 nitrogen and oxygen atoms in total. The van der Waals surface area contributed by atoms with Gasteiger partial charge in [-0.3, -0.25) is 4.79 Å². The number of sulfonamides is 1. The van der Waals surface area contributed by atoms with E-state index in [2.05, 4.69) is 4.72 Å². The molecule has 0 amide bonds. The predicted octanol–water partition coefficient (Wildman–Crippen LogP) is 0.976. The van der Waals surface area contributed by atoms with Gasteiger partial charge in [0.2, 0.25) is 5.09 Å². The van der Waals surface area contributed by atoms with Crippen LogP contribution in [0.2, 0.25) is 0 Å². The lowest BCUT2D eigenvalue weighted by molar-refractivity contribution is -0.140. The zero-order valence-corrected chi connectivity index (χ0v) is 10.6. The lowest BCUT2D eigenvalue weighted by Crippen LogP contribution is -2.44. The van der Waals surface area contributed by atoms with E-state index in [1.165, 1.54) is 12.1 Å². The van der Waals surface area contributed by atoms with E-state index in [0.717, 1.165) is 0 Å². The number of carboxylic acid groups (broad SMARTS) is 1. The fraction of sp³-hybridized carbons (Fsp3) is 0.500. The van der Waals surface area contributed by atoms with Crippen molar-refractivity contribution in [2.45, 2.75) is 31.9 Å². The molecule has 0 aliphatic rings. The number of nitrogens with one attached hydrogen (secondary N) is 1. The average Bonchev–Trinajstić information content (AvgIpc) is 2.61. The molecule has 0 radical (unpaired) electrons. The topological polar surface area (TPSA) is 96.6 Å². The Kier molecular flexibility index (Phi) is 3.94. The summed E-state index contributed by atoms with van der Waals surface area (Å²) >= 11 is 0. The van der Waals surface area contributed by atoms with Crippen molar-refractivity contribution in [2.75, 3.05) is 0 Å².